The van der Waals surface area contributed by atoms with Crippen molar-refractivity contribution < 1.29 is 4.39 Å². The average molecular weight is 333 g/mol. The van der Waals surface area contributed by atoms with Crippen LogP contribution in [0.4, 0.5) is 10.2 Å². The maximum Gasteiger partial charge on any atom is 0.132 e. The lowest BCUT2D eigenvalue weighted by Gasteiger charge is -2.24. The van der Waals surface area contributed by atoms with Crippen LogP contribution in [0.3, 0.4) is 0 Å². The number of pyridine rings is 1. The molecule has 1 N–H and O–H groups in total. The number of imidazole rings is 1. The van der Waals surface area contributed by atoms with Crippen LogP contribution in [-0.4, -0.2) is 21.5 Å². The molecule has 0 spiro atoms. The summed E-state index contributed by atoms with van der Waals surface area (Å²) in [5.41, 5.74) is 1.73. The molecule has 4 rings (SSSR count). The Morgan fingerprint density at radius 3 is 2.80 bits per heavy atom. The maximum absolute atomic E-state index is 14.0. The average Bonchev–Trinajstić information content (AvgIpc) is 3.31. The molecule has 1 atom stereocenters. The van der Waals surface area contributed by atoms with Crippen molar-refractivity contribution in [2.24, 2.45) is 0 Å². The van der Waals surface area contributed by atoms with Gasteiger partial charge >= 0.3 is 0 Å². The molecular weight excluding hydrogens is 317 g/mol. The van der Waals surface area contributed by atoms with Crippen LogP contribution in [0.1, 0.15) is 30.3 Å². The van der Waals surface area contributed by atoms with Gasteiger partial charge in [-0.25, -0.2) is 14.4 Å². The minimum absolute atomic E-state index is 0.0703. The molecule has 1 unspecified atom stereocenters. The third kappa shape index (κ3) is 2.85. The van der Waals surface area contributed by atoms with Gasteiger partial charge in [0.25, 0.3) is 0 Å². The van der Waals surface area contributed by atoms with Crippen LogP contribution >= 0.6 is 0 Å². The Kier molecular flexibility index (Phi) is 3.90. The molecule has 0 radical (unpaired) electrons. The number of benzene rings is 1. The number of anilines is 1. The SMILES string of the molecule is N#Cc1ccc(N2CCCC2c2ncc(-c3ccccc3F)[nH]2)nc1. The van der Waals surface area contributed by atoms with Gasteiger partial charge in [0.2, 0.25) is 0 Å². The number of aromatic nitrogens is 3. The highest BCUT2D eigenvalue weighted by Gasteiger charge is 2.29. The van der Waals surface area contributed by atoms with Gasteiger partial charge in [0.05, 0.1) is 23.5 Å². The number of nitrogens with one attached hydrogen (secondary N) is 1. The lowest BCUT2D eigenvalue weighted by molar-refractivity contribution is 0.630. The van der Waals surface area contributed by atoms with Crippen molar-refractivity contribution in [1.29, 1.82) is 5.26 Å². The van der Waals surface area contributed by atoms with Gasteiger partial charge in [0.1, 0.15) is 23.5 Å². The first-order chi connectivity index (χ1) is 12.3. The normalized spacial score (nSPS) is 16.8. The first-order valence-electron chi connectivity index (χ1n) is 8.19. The summed E-state index contributed by atoms with van der Waals surface area (Å²) in [5.74, 6) is 1.36. The van der Waals surface area contributed by atoms with Crippen LogP contribution in [-0.2, 0) is 0 Å². The first-order valence-corrected chi connectivity index (χ1v) is 8.19. The Morgan fingerprint density at radius 1 is 1.16 bits per heavy atom. The second kappa shape index (κ2) is 6.36. The zero-order valence-electron chi connectivity index (χ0n) is 13.5. The summed E-state index contributed by atoms with van der Waals surface area (Å²) in [6.45, 7) is 0.874. The smallest absolute Gasteiger partial charge is 0.132 e. The van der Waals surface area contributed by atoms with Gasteiger partial charge in [-0.1, -0.05) is 12.1 Å². The number of hydrogen-bond acceptors (Lipinski definition) is 4. The van der Waals surface area contributed by atoms with Gasteiger partial charge in [-0.2, -0.15) is 5.26 Å². The highest BCUT2D eigenvalue weighted by atomic mass is 19.1. The Hall–Kier alpha value is -3.20. The second-order valence-electron chi connectivity index (χ2n) is 6.03. The van der Waals surface area contributed by atoms with E-state index in [2.05, 4.69) is 25.9 Å². The third-order valence-corrected chi connectivity index (χ3v) is 4.50. The van der Waals surface area contributed by atoms with E-state index in [1.165, 1.54) is 6.07 Å². The van der Waals surface area contributed by atoms with Crippen molar-refractivity contribution in [3.63, 3.8) is 0 Å². The number of halogens is 1. The minimum atomic E-state index is -0.269. The van der Waals surface area contributed by atoms with Crippen molar-refractivity contribution in [1.82, 2.24) is 15.0 Å². The van der Waals surface area contributed by atoms with Crippen molar-refractivity contribution in [2.45, 2.75) is 18.9 Å². The lowest BCUT2D eigenvalue weighted by Crippen LogP contribution is -2.24. The van der Waals surface area contributed by atoms with E-state index in [-0.39, 0.29) is 11.9 Å². The van der Waals surface area contributed by atoms with Gasteiger partial charge in [-0.05, 0) is 37.1 Å². The van der Waals surface area contributed by atoms with Gasteiger partial charge in [0, 0.05) is 18.3 Å². The Bertz CT molecular complexity index is 925. The minimum Gasteiger partial charge on any atom is -0.346 e. The van der Waals surface area contributed by atoms with Gasteiger partial charge in [-0.3, -0.25) is 0 Å². The number of rotatable bonds is 3. The molecule has 0 bridgehead atoms. The molecule has 124 valence electrons. The van der Waals surface area contributed by atoms with Crippen molar-refractivity contribution in [2.75, 3.05) is 11.4 Å². The topological polar surface area (TPSA) is 68.6 Å². The van der Waals surface area contributed by atoms with E-state index in [4.69, 9.17) is 5.26 Å². The van der Waals surface area contributed by atoms with E-state index in [0.717, 1.165) is 31.0 Å². The molecule has 6 heteroatoms. The van der Waals surface area contributed by atoms with Gasteiger partial charge in [0.15, 0.2) is 0 Å². The molecule has 3 heterocycles. The molecule has 1 aromatic carbocycles. The Labute approximate surface area is 144 Å². The standard InChI is InChI=1S/C19H16FN5/c20-15-5-2-1-4-14(15)16-12-23-19(24-16)17-6-3-9-25(17)18-8-7-13(10-21)11-22-18/h1-2,4-5,7-8,11-12,17H,3,6,9H2,(H,23,24). The monoisotopic (exact) mass is 333 g/mol. The van der Waals surface area contributed by atoms with Crippen LogP contribution in [0.15, 0.2) is 48.8 Å². The fourth-order valence-electron chi connectivity index (χ4n) is 3.27. The number of aromatic amines is 1. The zero-order chi connectivity index (χ0) is 17.2. The molecule has 25 heavy (non-hydrogen) atoms. The molecule has 3 aromatic rings. The van der Waals surface area contributed by atoms with Crippen molar-refractivity contribution >= 4 is 5.82 Å². The van der Waals surface area contributed by atoms with Gasteiger partial charge < -0.3 is 9.88 Å². The predicted octanol–water partition coefficient (Wildman–Crippen LogP) is 3.82. The number of hydrogen-bond donors (Lipinski definition) is 1. The van der Waals surface area contributed by atoms with Crippen LogP contribution in [0.2, 0.25) is 0 Å². The maximum atomic E-state index is 14.0. The molecule has 5 nitrogen and oxygen atoms in total. The summed E-state index contributed by atoms with van der Waals surface area (Å²) in [5, 5.41) is 8.91. The largest absolute Gasteiger partial charge is 0.346 e. The number of nitriles is 1. The van der Waals surface area contributed by atoms with Gasteiger partial charge in [-0.15, -0.1) is 0 Å². The van der Waals surface area contributed by atoms with E-state index in [9.17, 15) is 4.39 Å². The molecule has 0 aliphatic carbocycles. The summed E-state index contributed by atoms with van der Waals surface area (Å²) in [6.07, 6.45) is 5.24. The molecule has 2 aromatic heterocycles. The Balaban J connectivity index is 1.63. The predicted molar refractivity (Wildman–Crippen MR) is 92.3 cm³/mol. The van der Waals surface area contributed by atoms with Crippen LogP contribution in [0, 0.1) is 17.1 Å². The number of nitrogens with zero attached hydrogens (tertiary/aromatic N) is 4. The molecule has 1 aliphatic heterocycles. The number of H-pyrrole nitrogens is 1. The molecule has 1 fully saturated rings. The third-order valence-electron chi connectivity index (χ3n) is 4.50. The van der Waals surface area contributed by atoms with Crippen LogP contribution < -0.4 is 4.90 Å². The highest BCUT2D eigenvalue weighted by molar-refractivity contribution is 5.59. The summed E-state index contributed by atoms with van der Waals surface area (Å²) in [4.78, 5) is 14.3. The van der Waals surface area contributed by atoms with E-state index < -0.39 is 0 Å². The van der Waals surface area contributed by atoms with E-state index in [1.807, 2.05) is 12.1 Å². The quantitative estimate of drug-likeness (QED) is 0.791. The molecule has 1 saturated heterocycles. The van der Waals surface area contributed by atoms with E-state index in [1.54, 1.807) is 30.6 Å². The van der Waals surface area contributed by atoms with Crippen molar-refractivity contribution in [3.8, 4) is 17.3 Å². The summed E-state index contributed by atoms with van der Waals surface area (Å²) in [7, 11) is 0. The lowest BCUT2D eigenvalue weighted by atomic mass is 10.1. The molecule has 1 aliphatic rings. The van der Waals surface area contributed by atoms with Crippen LogP contribution in [0.25, 0.3) is 11.3 Å². The van der Waals surface area contributed by atoms with E-state index in [0.29, 0.717) is 16.8 Å². The van der Waals surface area contributed by atoms with E-state index >= 15 is 0 Å². The van der Waals surface area contributed by atoms with Crippen LogP contribution in [0.5, 0.6) is 0 Å². The zero-order valence-corrected chi connectivity index (χ0v) is 13.5. The Morgan fingerprint density at radius 2 is 2.04 bits per heavy atom. The highest BCUT2D eigenvalue weighted by Crippen LogP contribution is 2.34. The molecular formula is C19H16FN5. The summed E-state index contributed by atoms with van der Waals surface area (Å²) in [6, 6.07) is 12.4. The molecule has 0 amide bonds. The fourth-order valence-corrected chi connectivity index (χ4v) is 3.27. The van der Waals surface area contributed by atoms with Crippen molar-refractivity contribution in [3.05, 3.63) is 66.0 Å². The fraction of sp³-hybridized carbons (Fsp3) is 0.211. The second-order valence-corrected chi connectivity index (χ2v) is 6.03. The summed E-state index contributed by atoms with van der Waals surface area (Å²) < 4.78 is 14.0. The first kappa shape index (κ1) is 15.3. The summed E-state index contributed by atoms with van der Waals surface area (Å²) >= 11 is 0. The molecule has 0 saturated carbocycles.